The van der Waals surface area contributed by atoms with Crippen LogP contribution in [0.2, 0.25) is 0 Å². The molecule has 0 radical (unpaired) electrons. The fraction of sp³-hybridized carbons (Fsp3) is 0.944. The lowest BCUT2D eigenvalue weighted by molar-refractivity contribution is -0.384. The summed E-state index contributed by atoms with van der Waals surface area (Å²) >= 11 is 0. The van der Waals surface area contributed by atoms with Crippen LogP contribution in [0.4, 0.5) is 0 Å². The third-order valence-corrected chi connectivity index (χ3v) is 10.5. The van der Waals surface area contributed by atoms with E-state index in [1.54, 1.807) is 13.8 Å². The molecule has 3 heterocycles. The van der Waals surface area contributed by atoms with Crippen LogP contribution in [0.3, 0.4) is 0 Å². The Kier molecular flexibility index (Phi) is 24.5. The van der Waals surface area contributed by atoms with E-state index < -0.39 is 207 Å². The maximum absolute atomic E-state index is 11.5. The summed E-state index contributed by atoms with van der Waals surface area (Å²) in [5, 5.41) is 196. The minimum Gasteiger partial charge on any atom is -0.507 e. The Balaban J connectivity index is 1.91. The lowest BCUT2D eigenvalue weighted by Crippen LogP contribution is -2.63. The van der Waals surface area contributed by atoms with Crippen molar-refractivity contribution in [2.45, 2.75) is 149 Å². The number of rotatable bonds is 27. The maximum Gasteiger partial charge on any atom is 0.214 e. The van der Waals surface area contributed by atoms with Gasteiger partial charge in [-0.25, -0.2) is 0 Å². The number of aliphatic hydroxyl groups is 19. The van der Waals surface area contributed by atoms with Gasteiger partial charge < -0.3 is 144 Å². The van der Waals surface area contributed by atoms with Gasteiger partial charge in [0, 0.05) is 5.57 Å². The van der Waals surface area contributed by atoms with Crippen molar-refractivity contribution in [1.29, 1.82) is 0 Å². The Morgan fingerprint density at radius 1 is 0.523 bits per heavy atom. The lowest BCUT2D eigenvalue weighted by atomic mass is 9.98. The van der Waals surface area contributed by atoms with Gasteiger partial charge in [0.1, 0.15) is 97.3 Å². The molecule has 3 saturated heterocycles. The van der Waals surface area contributed by atoms with Crippen LogP contribution in [0.5, 0.6) is 0 Å². The molecule has 3 fully saturated rings. The molecule has 384 valence electrons. The number of aliphatic hydroxyl groups excluding tert-OH is 19. The van der Waals surface area contributed by atoms with Crippen molar-refractivity contribution in [3.05, 3.63) is 11.3 Å². The summed E-state index contributed by atoms with van der Waals surface area (Å²) < 4.78 is 53.9. The largest absolute Gasteiger partial charge is 0.507 e. The maximum atomic E-state index is 11.5. The van der Waals surface area contributed by atoms with Crippen LogP contribution < -0.4 is 0 Å². The van der Waals surface area contributed by atoms with Gasteiger partial charge in [0.2, 0.25) is 6.29 Å². The highest BCUT2D eigenvalue weighted by Gasteiger charge is 2.51. The quantitative estimate of drug-likeness (QED) is 0.0268. The summed E-state index contributed by atoms with van der Waals surface area (Å²) in [4.78, 5) is 0. The van der Waals surface area contributed by atoms with E-state index in [1.165, 1.54) is 0 Å². The van der Waals surface area contributed by atoms with Crippen LogP contribution in [0, 0.1) is 5.92 Å². The van der Waals surface area contributed by atoms with Crippen LogP contribution in [0.25, 0.3) is 0 Å². The normalized spacial score (nSPS) is 36.9. The SMILES string of the molecule is CC(C)/C(CO)=C(\O)[C@@H](O)OC1C(O)C(CO)OC(OC[C@H](O)C(OC(CO)OC2OC(CO)C(O)C(O)C2O)OC2C(O)C(CO)OC(OC[C@H](O)C(O)OC(CO)CO)C2O)C1O. The van der Waals surface area contributed by atoms with Gasteiger partial charge in [0.05, 0.1) is 59.5 Å². The molecular weight excluding hydrogens is 896 g/mol. The van der Waals surface area contributed by atoms with Crippen molar-refractivity contribution in [3.8, 4) is 0 Å². The Hall–Kier alpha value is -1.58. The van der Waals surface area contributed by atoms with Crippen LogP contribution >= 0.6 is 0 Å². The molecule has 0 aromatic rings. The van der Waals surface area contributed by atoms with E-state index in [1.807, 2.05) is 0 Å². The summed E-state index contributed by atoms with van der Waals surface area (Å²) in [6.07, 6.45) is -42.9. The fourth-order valence-corrected chi connectivity index (χ4v) is 6.58. The second-order valence-corrected chi connectivity index (χ2v) is 15.5. The average molecular weight is 963 g/mol. The summed E-state index contributed by atoms with van der Waals surface area (Å²) in [6, 6.07) is 0. The number of hydrogen-bond donors (Lipinski definition) is 19. The predicted molar refractivity (Wildman–Crippen MR) is 202 cm³/mol. The third kappa shape index (κ3) is 15.2. The highest BCUT2D eigenvalue weighted by atomic mass is 16.8. The molecule has 21 atom stereocenters. The molecule has 3 aliphatic rings. The van der Waals surface area contributed by atoms with Crippen LogP contribution in [-0.4, -0.2) is 292 Å². The van der Waals surface area contributed by atoms with Gasteiger partial charge in [-0.15, -0.1) is 0 Å². The zero-order valence-electron chi connectivity index (χ0n) is 35.2. The van der Waals surface area contributed by atoms with Gasteiger partial charge in [-0.2, -0.15) is 0 Å². The van der Waals surface area contributed by atoms with Crippen molar-refractivity contribution in [1.82, 2.24) is 0 Å². The number of hydrogen-bond acceptors (Lipinski definition) is 29. The van der Waals surface area contributed by atoms with Gasteiger partial charge in [-0.1, -0.05) is 13.8 Å². The van der Waals surface area contributed by atoms with E-state index >= 15 is 0 Å². The average Bonchev–Trinajstić information content (AvgIpc) is 3.29. The molecule has 0 aromatic carbocycles. The minimum absolute atomic E-state index is 0.0639. The Morgan fingerprint density at radius 3 is 1.46 bits per heavy atom. The highest BCUT2D eigenvalue weighted by molar-refractivity contribution is 5.12. The summed E-state index contributed by atoms with van der Waals surface area (Å²) in [6.45, 7) is -5.10. The van der Waals surface area contributed by atoms with Crippen LogP contribution in [0.15, 0.2) is 11.3 Å². The summed E-state index contributed by atoms with van der Waals surface area (Å²) in [5.74, 6) is -1.35. The van der Waals surface area contributed by atoms with Crippen LogP contribution in [0.1, 0.15) is 13.8 Å². The van der Waals surface area contributed by atoms with Gasteiger partial charge in [0.15, 0.2) is 37.7 Å². The van der Waals surface area contributed by atoms with Gasteiger partial charge in [-0.3, -0.25) is 0 Å². The van der Waals surface area contributed by atoms with Crippen molar-refractivity contribution in [2.75, 3.05) is 59.5 Å². The molecule has 0 bridgehead atoms. The first-order valence-corrected chi connectivity index (χ1v) is 20.4. The van der Waals surface area contributed by atoms with Crippen LogP contribution in [-0.2, 0) is 47.4 Å². The molecule has 19 N–H and O–H groups in total. The van der Waals surface area contributed by atoms with E-state index in [0.717, 1.165) is 0 Å². The minimum atomic E-state index is -2.32. The van der Waals surface area contributed by atoms with E-state index in [2.05, 4.69) is 0 Å². The first-order chi connectivity index (χ1) is 30.7. The topological polar surface area (TPSA) is 477 Å². The Labute approximate surface area is 370 Å². The fourth-order valence-electron chi connectivity index (χ4n) is 6.58. The molecule has 18 unspecified atom stereocenters. The molecule has 0 amide bonds. The van der Waals surface area contributed by atoms with Gasteiger partial charge in [-0.05, 0) is 5.92 Å². The monoisotopic (exact) mass is 962 g/mol. The molecular formula is C36H66O29. The number of ether oxygens (including phenoxy) is 10. The van der Waals surface area contributed by atoms with Crippen molar-refractivity contribution < 1.29 is 144 Å². The molecule has 29 nitrogen and oxygen atoms in total. The Bertz CT molecular complexity index is 1360. The van der Waals surface area contributed by atoms with E-state index in [0.29, 0.717) is 0 Å². The first kappa shape index (κ1) is 57.7. The van der Waals surface area contributed by atoms with E-state index in [9.17, 15) is 97.0 Å². The summed E-state index contributed by atoms with van der Waals surface area (Å²) in [5.41, 5.74) is -0.0639. The summed E-state index contributed by atoms with van der Waals surface area (Å²) in [7, 11) is 0. The smallest absolute Gasteiger partial charge is 0.214 e. The third-order valence-electron chi connectivity index (χ3n) is 10.5. The second-order valence-electron chi connectivity index (χ2n) is 15.5. The second kappa shape index (κ2) is 27.6. The Morgan fingerprint density at radius 2 is 1.00 bits per heavy atom. The van der Waals surface area contributed by atoms with Crippen molar-refractivity contribution in [3.63, 3.8) is 0 Å². The van der Waals surface area contributed by atoms with Gasteiger partial charge >= 0.3 is 0 Å². The standard InChI is InChI=1S/C36H66O29/c1-12(2)14(5-39)21(46)32(55)64-29-23(48)18(7-41)59-34(27(29)52)57-11-16(45)33(62-20(9-43)63-36-26(51)25(50)22(47)17(6-40)61-36)65-30-24(49)19(8-42)60-35(28(30)53)56-10-15(44)31(54)58-13(3-37)4-38/h12-13,15-20,22-55H,3-11H2,1-2H3/b21-14-/t15-,16-,17?,18?,19?,20?,22?,23?,24?,25?,26?,27?,28?,29?,30?,31?,32-,33?,34?,35?,36?/m0/s1. The predicted octanol–water partition coefficient (Wildman–Crippen LogP) is -10.7. The highest BCUT2D eigenvalue weighted by Crippen LogP contribution is 2.31. The molecule has 0 spiro atoms. The molecule has 3 aliphatic heterocycles. The molecule has 3 rings (SSSR count). The first-order valence-electron chi connectivity index (χ1n) is 20.4. The van der Waals surface area contributed by atoms with Crippen molar-refractivity contribution >= 4 is 0 Å². The van der Waals surface area contributed by atoms with E-state index in [-0.39, 0.29) is 5.57 Å². The molecule has 65 heavy (non-hydrogen) atoms. The molecule has 0 aromatic heterocycles. The van der Waals surface area contributed by atoms with Gasteiger partial charge in [0.25, 0.3) is 0 Å². The lowest BCUT2D eigenvalue weighted by Gasteiger charge is -2.44. The molecule has 0 aliphatic carbocycles. The van der Waals surface area contributed by atoms with Crippen molar-refractivity contribution in [2.24, 2.45) is 5.92 Å². The molecule has 0 saturated carbocycles. The molecule has 29 heteroatoms. The van der Waals surface area contributed by atoms with E-state index in [4.69, 9.17) is 47.4 Å². The zero-order chi connectivity index (χ0) is 48.9. The zero-order valence-corrected chi connectivity index (χ0v) is 35.2.